The summed E-state index contributed by atoms with van der Waals surface area (Å²) in [5, 5.41) is 19.8. The summed E-state index contributed by atoms with van der Waals surface area (Å²) in [6, 6.07) is 3.33. The van der Waals surface area contributed by atoms with E-state index in [1.807, 2.05) is 6.07 Å². The van der Waals surface area contributed by atoms with Gasteiger partial charge in [0.1, 0.15) is 0 Å². The molecule has 21 heavy (non-hydrogen) atoms. The van der Waals surface area contributed by atoms with Crippen LogP contribution in [0.4, 0.5) is 4.79 Å². The van der Waals surface area contributed by atoms with E-state index in [0.717, 1.165) is 37.0 Å². The summed E-state index contributed by atoms with van der Waals surface area (Å²) in [7, 11) is 0. The van der Waals surface area contributed by atoms with Crippen LogP contribution < -0.4 is 10.6 Å². The van der Waals surface area contributed by atoms with Gasteiger partial charge in [0.15, 0.2) is 5.65 Å². The van der Waals surface area contributed by atoms with Crippen LogP contribution in [0.5, 0.6) is 0 Å². The summed E-state index contributed by atoms with van der Waals surface area (Å²) < 4.78 is 1.69. The van der Waals surface area contributed by atoms with Gasteiger partial charge < -0.3 is 15.7 Å². The van der Waals surface area contributed by atoms with Crippen LogP contribution in [0.15, 0.2) is 24.5 Å². The third kappa shape index (κ3) is 3.13. The van der Waals surface area contributed by atoms with Crippen LogP contribution in [-0.4, -0.2) is 37.9 Å². The van der Waals surface area contributed by atoms with Crippen molar-refractivity contribution < 1.29 is 9.90 Å². The largest absolute Gasteiger partial charge is 0.388 e. The molecule has 7 heteroatoms. The molecule has 1 aliphatic carbocycles. The smallest absolute Gasteiger partial charge is 0.315 e. The van der Waals surface area contributed by atoms with E-state index in [-0.39, 0.29) is 6.03 Å². The highest BCUT2D eigenvalue weighted by Gasteiger charge is 2.31. The Labute approximate surface area is 122 Å². The maximum absolute atomic E-state index is 11.8. The van der Waals surface area contributed by atoms with Gasteiger partial charge in [0, 0.05) is 18.8 Å². The molecule has 0 spiro atoms. The van der Waals surface area contributed by atoms with Crippen molar-refractivity contribution in [2.45, 2.75) is 37.8 Å². The number of aliphatic hydroxyl groups is 1. The second kappa shape index (κ2) is 5.69. The zero-order valence-electron chi connectivity index (χ0n) is 11.7. The topological polar surface area (TPSA) is 91.6 Å². The standard InChI is InChI=1S/C14H19N5O2/c20-13(17-10-14(21)5-1-2-6-14)16-9-11-3-7-15-12-4-8-18-19(11)12/h3-4,7-8,21H,1-2,5-6,9-10H2,(H2,16,17,20). The Hall–Kier alpha value is -2.15. The Kier molecular flexibility index (Phi) is 3.74. The molecule has 112 valence electrons. The number of amides is 2. The Morgan fingerprint density at radius 1 is 1.29 bits per heavy atom. The quantitative estimate of drug-likeness (QED) is 0.777. The number of hydrogen-bond acceptors (Lipinski definition) is 4. The van der Waals surface area contributed by atoms with E-state index >= 15 is 0 Å². The summed E-state index contributed by atoms with van der Waals surface area (Å²) in [6.45, 7) is 0.650. The summed E-state index contributed by atoms with van der Waals surface area (Å²) in [5.74, 6) is 0. The number of fused-ring (bicyclic) bond motifs is 1. The third-order valence-electron chi connectivity index (χ3n) is 3.91. The second-order valence-electron chi connectivity index (χ2n) is 5.51. The lowest BCUT2D eigenvalue weighted by Gasteiger charge is -2.22. The van der Waals surface area contributed by atoms with Crippen LogP contribution in [0.2, 0.25) is 0 Å². The number of hydrogen-bond donors (Lipinski definition) is 3. The Morgan fingerprint density at radius 2 is 2.10 bits per heavy atom. The van der Waals surface area contributed by atoms with Gasteiger partial charge in [0.25, 0.3) is 0 Å². The minimum atomic E-state index is -0.733. The number of nitrogens with zero attached hydrogens (tertiary/aromatic N) is 3. The fraction of sp³-hybridized carbons (Fsp3) is 0.500. The highest BCUT2D eigenvalue weighted by atomic mass is 16.3. The lowest BCUT2D eigenvalue weighted by molar-refractivity contribution is 0.0501. The molecule has 0 aliphatic heterocycles. The molecular weight excluding hydrogens is 270 g/mol. The first-order valence-corrected chi connectivity index (χ1v) is 7.18. The van der Waals surface area contributed by atoms with E-state index in [1.54, 1.807) is 23.0 Å². The van der Waals surface area contributed by atoms with E-state index in [2.05, 4.69) is 20.7 Å². The average Bonchev–Trinajstić information content (AvgIpc) is 3.12. The van der Waals surface area contributed by atoms with Gasteiger partial charge in [0.05, 0.1) is 24.0 Å². The Bertz CT molecular complexity index is 633. The number of rotatable bonds is 4. The van der Waals surface area contributed by atoms with E-state index in [0.29, 0.717) is 13.1 Å². The summed E-state index contributed by atoms with van der Waals surface area (Å²) in [6.07, 6.45) is 6.91. The molecule has 0 unspecified atom stereocenters. The highest BCUT2D eigenvalue weighted by molar-refractivity contribution is 5.73. The van der Waals surface area contributed by atoms with Crippen LogP contribution in [0, 0.1) is 0 Å². The van der Waals surface area contributed by atoms with Crippen molar-refractivity contribution in [2.24, 2.45) is 0 Å². The van der Waals surface area contributed by atoms with Crippen molar-refractivity contribution in [2.75, 3.05) is 6.54 Å². The van der Waals surface area contributed by atoms with Crippen LogP contribution in [-0.2, 0) is 6.54 Å². The van der Waals surface area contributed by atoms with Gasteiger partial charge in [-0.3, -0.25) is 0 Å². The molecule has 0 saturated heterocycles. The van der Waals surface area contributed by atoms with Gasteiger partial charge in [0.2, 0.25) is 0 Å². The molecule has 3 rings (SSSR count). The molecule has 0 aromatic carbocycles. The molecule has 0 bridgehead atoms. The molecule has 2 aromatic rings. The number of nitrogens with one attached hydrogen (secondary N) is 2. The van der Waals surface area contributed by atoms with Crippen molar-refractivity contribution in [1.29, 1.82) is 0 Å². The van der Waals surface area contributed by atoms with Gasteiger partial charge >= 0.3 is 6.03 Å². The molecule has 0 radical (unpaired) electrons. The fourth-order valence-electron chi connectivity index (χ4n) is 2.71. The van der Waals surface area contributed by atoms with E-state index in [4.69, 9.17) is 0 Å². The van der Waals surface area contributed by atoms with E-state index < -0.39 is 5.60 Å². The predicted octanol–water partition coefficient (Wildman–Crippen LogP) is 0.834. The van der Waals surface area contributed by atoms with Crippen LogP contribution in [0.3, 0.4) is 0 Å². The molecule has 1 saturated carbocycles. The first kappa shape index (κ1) is 13.8. The van der Waals surface area contributed by atoms with Crippen LogP contribution >= 0.6 is 0 Å². The van der Waals surface area contributed by atoms with Crippen molar-refractivity contribution in [3.63, 3.8) is 0 Å². The molecule has 0 atom stereocenters. The average molecular weight is 289 g/mol. The second-order valence-corrected chi connectivity index (χ2v) is 5.51. The van der Waals surface area contributed by atoms with Crippen molar-refractivity contribution in [3.05, 3.63) is 30.2 Å². The molecule has 2 amide bonds. The first-order valence-electron chi connectivity index (χ1n) is 7.18. The maximum atomic E-state index is 11.8. The monoisotopic (exact) mass is 289 g/mol. The van der Waals surface area contributed by atoms with Crippen molar-refractivity contribution in [3.8, 4) is 0 Å². The van der Waals surface area contributed by atoms with Gasteiger partial charge in [-0.2, -0.15) is 5.10 Å². The summed E-state index contributed by atoms with van der Waals surface area (Å²) in [5.41, 5.74) is 0.859. The molecule has 1 aliphatic rings. The van der Waals surface area contributed by atoms with Gasteiger partial charge in [-0.15, -0.1) is 0 Å². The van der Waals surface area contributed by atoms with Gasteiger partial charge in [-0.25, -0.2) is 14.3 Å². The summed E-state index contributed by atoms with van der Waals surface area (Å²) in [4.78, 5) is 16.0. The number of carbonyl (C=O) groups excluding carboxylic acids is 1. The molecule has 2 aromatic heterocycles. The number of carbonyl (C=O) groups is 1. The van der Waals surface area contributed by atoms with Gasteiger partial charge in [-0.05, 0) is 18.9 Å². The normalized spacial score (nSPS) is 17.0. The van der Waals surface area contributed by atoms with E-state index in [1.165, 1.54) is 0 Å². The molecule has 2 heterocycles. The SMILES string of the molecule is O=C(NCc1ccnc2ccnn12)NCC1(O)CCCC1. The van der Waals surface area contributed by atoms with Crippen molar-refractivity contribution in [1.82, 2.24) is 25.2 Å². The molecule has 3 N–H and O–H groups in total. The first-order chi connectivity index (χ1) is 10.2. The zero-order valence-corrected chi connectivity index (χ0v) is 11.7. The zero-order chi connectivity index (χ0) is 14.7. The molecule has 1 fully saturated rings. The predicted molar refractivity (Wildman–Crippen MR) is 76.6 cm³/mol. The van der Waals surface area contributed by atoms with Gasteiger partial charge in [-0.1, -0.05) is 12.8 Å². The van der Waals surface area contributed by atoms with Crippen molar-refractivity contribution >= 4 is 11.7 Å². The van der Waals surface area contributed by atoms with Crippen LogP contribution in [0.1, 0.15) is 31.4 Å². The molecular formula is C14H19N5O2. The highest BCUT2D eigenvalue weighted by Crippen LogP contribution is 2.28. The Morgan fingerprint density at radius 3 is 2.90 bits per heavy atom. The lowest BCUT2D eigenvalue weighted by atomic mass is 10.0. The lowest BCUT2D eigenvalue weighted by Crippen LogP contribution is -2.44. The fourth-order valence-corrected chi connectivity index (χ4v) is 2.71. The minimum absolute atomic E-state index is 0.285. The Balaban J connectivity index is 1.53. The third-order valence-corrected chi connectivity index (χ3v) is 3.91. The van der Waals surface area contributed by atoms with E-state index in [9.17, 15) is 9.90 Å². The number of aromatic nitrogens is 3. The number of urea groups is 1. The minimum Gasteiger partial charge on any atom is -0.388 e. The maximum Gasteiger partial charge on any atom is 0.315 e. The van der Waals surface area contributed by atoms with Crippen LogP contribution in [0.25, 0.3) is 5.65 Å². The molecule has 7 nitrogen and oxygen atoms in total. The summed E-state index contributed by atoms with van der Waals surface area (Å²) >= 11 is 0.